The number of benzene rings is 3. The molecule has 3 heteroatoms. The molecule has 1 atom stereocenters. The third-order valence-corrected chi connectivity index (χ3v) is 3.42. The second-order valence-corrected chi connectivity index (χ2v) is 5.21. The zero-order valence-corrected chi connectivity index (χ0v) is 13.2. The highest BCUT2D eigenvalue weighted by atomic mass is 16.8. The summed E-state index contributed by atoms with van der Waals surface area (Å²) in [6.07, 6.45) is 1.10. The van der Waals surface area contributed by atoms with Gasteiger partial charge < -0.3 is 9.57 Å². The summed E-state index contributed by atoms with van der Waals surface area (Å²) in [5, 5.41) is 4.07. The SMILES string of the molecule is [c]1ccc(C=NOC(OCc2ccccc2)c2ccccc2)cc1. The Labute approximate surface area is 142 Å². The normalized spacial score (nSPS) is 12.2. The van der Waals surface area contributed by atoms with Gasteiger partial charge in [-0.1, -0.05) is 90.1 Å². The van der Waals surface area contributed by atoms with Crippen LogP contribution in [0.15, 0.2) is 90.1 Å². The van der Waals surface area contributed by atoms with Crippen LogP contribution in [0.25, 0.3) is 0 Å². The Hall–Kier alpha value is -2.91. The van der Waals surface area contributed by atoms with E-state index in [2.05, 4.69) is 11.2 Å². The van der Waals surface area contributed by atoms with Gasteiger partial charge in [-0.25, -0.2) is 0 Å². The highest BCUT2D eigenvalue weighted by Crippen LogP contribution is 2.20. The van der Waals surface area contributed by atoms with E-state index in [4.69, 9.17) is 9.57 Å². The molecule has 0 saturated heterocycles. The second-order valence-electron chi connectivity index (χ2n) is 5.21. The maximum atomic E-state index is 5.91. The standard InChI is InChI=1S/C21H18NO2/c1-4-10-18(11-5-1)16-22-24-21(20-14-8-3-9-15-20)23-17-19-12-6-2-7-13-19/h2-16,21H,17H2. The fraction of sp³-hybridized carbons (Fsp3) is 0.0952. The molecule has 1 radical (unpaired) electrons. The molecule has 119 valence electrons. The van der Waals surface area contributed by atoms with Crippen LogP contribution in [0.1, 0.15) is 23.0 Å². The fourth-order valence-electron chi connectivity index (χ4n) is 2.18. The minimum atomic E-state index is -0.557. The largest absolute Gasteiger partial charge is 0.358 e. The molecule has 0 aliphatic carbocycles. The van der Waals surface area contributed by atoms with Crippen molar-refractivity contribution in [1.29, 1.82) is 0 Å². The zero-order valence-electron chi connectivity index (χ0n) is 13.2. The molecule has 0 saturated carbocycles. The van der Waals surface area contributed by atoms with Crippen LogP contribution in [0.5, 0.6) is 0 Å². The topological polar surface area (TPSA) is 30.8 Å². The summed E-state index contributed by atoms with van der Waals surface area (Å²) in [7, 11) is 0. The third-order valence-electron chi connectivity index (χ3n) is 3.42. The van der Waals surface area contributed by atoms with Crippen LogP contribution in [0, 0.1) is 6.07 Å². The van der Waals surface area contributed by atoms with Gasteiger partial charge in [0.25, 0.3) is 6.29 Å². The van der Waals surface area contributed by atoms with E-state index in [9.17, 15) is 0 Å². The van der Waals surface area contributed by atoms with E-state index in [0.29, 0.717) is 6.61 Å². The Morgan fingerprint density at radius 3 is 2.25 bits per heavy atom. The van der Waals surface area contributed by atoms with Crippen molar-refractivity contribution in [2.24, 2.45) is 5.16 Å². The summed E-state index contributed by atoms with van der Waals surface area (Å²) in [5.41, 5.74) is 2.96. The number of rotatable bonds is 7. The van der Waals surface area contributed by atoms with Crippen molar-refractivity contribution >= 4 is 6.21 Å². The van der Waals surface area contributed by atoms with E-state index >= 15 is 0 Å². The molecule has 24 heavy (non-hydrogen) atoms. The van der Waals surface area contributed by atoms with Gasteiger partial charge in [-0.3, -0.25) is 0 Å². The summed E-state index contributed by atoms with van der Waals surface area (Å²) in [6, 6.07) is 30.2. The molecule has 0 aliphatic rings. The zero-order chi connectivity index (χ0) is 16.5. The molecule has 0 bridgehead atoms. The second kappa shape index (κ2) is 8.65. The molecule has 3 aromatic rings. The lowest BCUT2D eigenvalue weighted by molar-refractivity contribution is -0.153. The number of ether oxygens (including phenoxy) is 1. The average molecular weight is 316 g/mol. The summed E-state index contributed by atoms with van der Waals surface area (Å²) in [6.45, 7) is 0.455. The van der Waals surface area contributed by atoms with Gasteiger partial charge in [0.15, 0.2) is 0 Å². The average Bonchev–Trinajstić information content (AvgIpc) is 2.67. The van der Waals surface area contributed by atoms with Crippen molar-refractivity contribution in [3.05, 3.63) is 108 Å². The first kappa shape index (κ1) is 16.0. The van der Waals surface area contributed by atoms with Crippen LogP contribution in [-0.2, 0) is 16.2 Å². The molecule has 0 fully saturated rings. The van der Waals surface area contributed by atoms with E-state index in [1.807, 2.05) is 84.9 Å². The van der Waals surface area contributed by atoms with Gasteiger partial charge in [0.2, 0.25) is 0 Å². The summed E-state index contributed by atoms with van der Waals surface area (Å²) < 4.78 is 5.91. The lowest BCUT2D eigenvalue weighted by Gasteiger charge is -2.16. The molecule has 0 heterocycles. The van der Waals surface area contributed by atoms with Crippen molar-refractivity contribution < 1.29 is 9.57 Å². The van der Waals surface area contributed by atoms with Crippen LogP contribution in [0.2, 0.25) is 0 Å². The molecule has 3 aromatic carbocycles. The lowest BCUT2D eigenvalue weighted by atomic mass is 10.2. The highest BCUT2D eigenvalue weighted by Gasteiger charge is 2.13. The summed E-state index contributed by atoms with van der Waals surface area (Å²) in [4.78, 5) is 5.59. The van der Waals surface area contributed by atoms with Gasteiger partial charge >= 0.3 is 0 Å². The van der Waals surface area contributed by atoms with E-state index in [1.165, 1.54) is 0 Å². The van der Waals surface area contributed by atoms with Gasteiger partial charge in [0.05, 0.1) is 12.8 Å². The van der Waals surface area contributed by atoms with E-state index in [-0.39, 0.29) is 0 Å². The number of hydrogen-bond acceptors (Lipinski definition) is 3. The van der Waals surface area contributed by atoms with E-state index < -0.39 is 6.29 Å². The lowest BCUT2D eigenvalue weighted by Crippen LogP contribution is -2.06. The minimum Gasteiger partial charge on any atom is -0.358 e. The molecule has 3 nitrogen and oxygen atoms in total. The van der Waals surface area contributed by atoms with Gasteiger partial charge in [-0.05, 0) is 17.2 Å². The Kier molecular flexibility index (Phi) is 5.76. The third kappa shape index (κ3) is 4.80. The maximum absolute atomic E-state index is 5.91. The molecule has 0 amide bonds. The predicted octanol–water partition coefficient (Wildman–Crippen LogP) is 4.75. The van der Waals surface area contributed by atoms with Gasteiger partial charge in [-0.15, -0.1) is 0 Å². The van der Waals surface area contributed by atoms with Crippen molar-refractivity contribution in [1.82, 2.24) is 0 Å². The van der Waals surface area contributed by atoms with Crippen molar-refractivity contribution in [2.45, 2.75) is 12.9 Å². The van der Waals surface area contributed by atoms with Crippen LogP contribution < -0.4 is 0 Å². The van der Waals surface area contributed by atoms with E-state index in [1.54, 1.807) is 6.21 Å². The molecule has 0 aromatic heterocycles. The van der Waals surface area contributed by atoms with Crippen molar-refractivity contribution in [3.8, 4) is 0 Å². The Bertz CT molecular complexity index is 743. The molecule has 0 N–H and O–H groups in total. The molecule has 3 rings (SSSR count). The summed E-state index contributed by atoms with van der Waals surface area (Å²) >= 11 is 0. The first-order valence-electron chi connectivity index (χ1n) is 7.77. The van der Waals surface area contributed by atoms with Crippen molar-refractivity contribution in [2.75, 3.05) is 0 Å². The maximum Gasteiger partial charge on any atom is 0.253 e. The van der Waals surface area contributed by atoms with Gasteiger partial charge in [0.1, 0.15) is 0 Å². The molecular weight excluding hydrogens is 298 g/mol. The van der Waals surface area contributed by atoms with Gasteiger partial charge in [0, 0.05) is 5.56 Å². The van der Waals surface area contributed by atoms with Crippen LogP contribution >= 0.6 is 0 Å². The first-order valence-corrected chi connectivity index (χ1v) is 7.77. The number of hydrogen-bond donors (Lipinski definition) is 0. The molecule has 0 spiro atoms. The number of nitrogens with zero attached hydrogens (tertiary/aromatic N) is 1. The van der Waals surface area contributed by atoms with Gasteiger partial charge in [-0.2, -0.15) is 0 Å². The quantitative estimate of drug-likeness (QED) is 0.358. The van der Waals surface area contributed by atoms with Crippen LogP contribution in [0.3, 0.4) is 0 Å². The predicted molar refractivity (Wildman–Crippen MR) is 94.4 cm³/mol. The molecule has 1 unspecified atom stereocenters. The smallest absolute Gasteiger partial charge is 0.253 e. The van der Waals surface area contributed by atoms with Crippen LogP contribution in [-0.4, -0.2) is 6.21 Å². The molecule has 0 aliphatic heterocycles. The highest BCUT2D eigenvalue weighted by molar-refractivity contribution is 5.78. The molecular formula is C21H18NO2. The Balaban J connectivity index is 1.67. The number of oxime groups is 1. The van der Waals surface area contributed by atoms with E-state index in [0.717, 1.165) is 16.7 Å². The Morgan fingerprint density at radius 1 is 0.875 bits per heavy atom. The Morgan fingerprint density at radius 2 is 1.54 bits per heavy atom. The monoisotopic (exact) mass is 316 g/mol. The van der Waals surface area contributed by atoms with Crippen molar-refractivity contribution in [3.63, 3.8) is 0 Å². The fourth-order valence-corrected chi connectivity index (χ4v) is 2.18. The van der Waals surface area contributed by atoms with Crippen LogP contribution in [0.4, 0.5) is 0 Å². The first-order chi connectivity index (χ1) is 11.9. The summed E-state index contributed by atoms with van der Waals surface area (Å²) in [5.74, 6) is 0. The minimum absolute atomic E-state index is 0.455.